The van der Waals surface area contributed by atoms with E-state index in [1.54, 1.807) is 31.2 Å². The number of urea groups is 1. The number of carbonyl (C=O) groups excluding carboxylic acids is 1. The molecule has 0 radical (unpaired) electrons. The van der Waals surface area contributed by atoms with Gasteiger partial charge in [0, 0.05) is 10.7 Å². The molecule has 3 nitrogen and oxygen atoms in total. The van der Waals surface area contributed by atoms with Gasteiger partial charge in [-0.1, -0.05) is 11.6 Å². The lowest BCUT2D eigenvalue weighted by atomic mass is 10.3. The van der Waals surface area contributed by atoms with Crippen LogP contribution in [0.25, 0.3) is 0 Å². The SMILES string of the molecule is C#CC.NC(=O)Nc1ccc(Cl)cc1. The van der Waals surface area contributed by atoms with Crippen LogP contribution in [0.15, 0.2) is 24.3 Å². The molecule has 0 fully saturated rings. The molecule has 0 aliphatic carbocycles. The van der Waals surface area contributed by atoms with E-state index in [1.807, 2.05) is 0 Å². The van der Waals surface area contributed by atoms with Gasteiger partial charge in [-0.15, -0.1) is 12.3 Å². The zero-order chi connectivity index (χ0) is 11.0. The highest BCUT2D eigenvalue weighted by Gasteiger charge is 1.93. The first-order valence-electron chi connectivity index (χ1n) is 3.79. The molecule has 0 atom stereocenters. The van der Waals surface area contributed by atoms with Gasteiger partial charge in [-0.05, 0) is 31.2 Å². The quantitative estimate of drug-likeness (QED) is 0.688. The second kappa shape index (κ2) is 6.81. The summed E-state index contributed by atoms with van der Waals surface area (Å²) in [6, 6.07) is 6.12. The first-order chi connectivity index (χ1) is 6.60. The van der Waals surface area contributed by atoms with E-state index in [1.165, 1.54) is 0 Å². The molecule has 0 aromatic heterocycles. The van der Waals surface area contributed by atoms with Gasteiger partial charge in [-0.3, -0.25) is 0 Å². The number of benzene rings is 1. The van der Waals surface area contributed by atoms with Gasteiger partial charge in [0.25, 0.3) is 0 Å². The summed E-state index contributed by atoms with van der Waals surface area (Å²) in [4.78, 5) is 10.3. The monoisotopic (exact) mass is 210 g/mol. The van der Waals surface area contributed by atoms with E-state index in [0.29, 0.717) is 10.7 Å². The van der Waals surface area contributed by atoms with Crippen LogP contribution in [0.4, 0.5) is 10.5 Å². The number of anilines is 1. The molecule has 0 heterocycles. The highest BCUT2D eigenvalue weighted by molar-refractivity contribution is 6.30. The normalized spacial score (nSPS) is 7.79. The van der Waals surface area contributed by atoms with Crippen molar-refractivity contribution >= 4 is 23.3 Å². The van der Waals surface area contributed by atoms with Gasteiger partial charge < -0.3 is 11.1 Å². The average molecular weight is 211 g/mol. The van der Waals surface area contributed by atoms with Crippen molar-refractivity contribution in [2.75, 3.05) is 5.32 Å². The third kappa shape index (κ3) is 5.92. The fourth-order valence-corrected chi connectivity index (χ4v) is 0.801. The van der Waals surface area contributed by atoms with Gasteiger partial charge in [0.05, 0.1) is 0 Å². The molecule has 3 N–H and O–H groups in total. The summed E-state index contributed by atoms with van der Waals surface area (Å²) in [7, 11) is 0. The highest BCUT2D eigenvalue weighted by atomic mass is 35.5. The summed E-state index contributed by atoms with van der Waals surface area (Å²) < 4.78 is 0. The van der Waals surface area contributed by atoms with Crippen LogP contribution in [0.2, 0.25) is 5.02 Å². The Hall–Kier alpha value is -1.66. The maximum atomic E-state index is 10.3. The Kier molecular flexibility index (Phi) is 6.01. The van der Waals surface area contributed by atoms with Gasteiger partial charge in [-0.2, -0.15) is 0 Å². The Labute approximate surface area is 88.3 Å². The lowest BCUT2D eigenvalue weighted by Gasteiger charge is -1.99. The Morgan fingerprint density at radius 1 is 1.50 bits per heavy atom. The minimum atomic E-state index is -0.577. The molecule has 14 heavy (non-hydrogen) atoms. The predicted octanol–water partition coefficient (Wildman–Crippen LogP) is 2.47. The Bertz CT molecular complexity index is 327. The van der Waals surface area contributed by atoms with Crippen molar-refractivity contribution in [3.05, 3.63) is 29.3 Å². The predicted molar refractivity (Wildman–Crippen MR) is 59.2 cm³/mol. The van der Waals surface area contributed by atoms with Crippen molar-refractivity contribution < 1.29 is 4.79 Å². The molecule has 4 heteroatoms. The molecule has 1 aromatic rings. The van der Waals surface area contributed by atoms with Gasteiger partial charge >= 0.3 is 6.03 Å². The first kappa shape index (κ1) is 12.3. The topological polar surface area (TPSA) is 55.1 Å². The third-order valence-corrected chi connectivity index (χ3v) is 1.36. The molecular formula is C10H11ClN2O. The van der Waals surface area contributed by atoms with E-state index in [0.717, 1.165) is 0 Å². The van der Waals surface area contributed by atoms with Crippen molar-refractivity contribution in [3.8, 4) is 12.3 Å². The lowest BCUT2D eigenvalue weighted by molar-refractivity contribution is 0.259. The van der Waals surface area contributed by atoms with Crippen LogP contribution in [0, 0.1) is 12.3 Å². The number of halogens is 1. The Balaban J connectivity index is 0.000000500. The molecule has 0 bridgehead atoms. The number of primary amides is 1. The smallest absolute Gasteiger partial charge is 0.316 e. The number of terminal acetylenes is 1. The zero-order valence-electron chi connectivity index (χ0n) is 7.75. The van der Waals surface area contributed by atoms with Crippen LogP contribution in [0.1, 0.15) is 6.92 Å². The fourth-order valence-electron chi connectivity index (χ4n) is 0.675. The van der Waals surface area contributed by atoms with E-state index in [2.05, 4.69) is 17.7 Å². The molecule has 0 saturated carbocycles. The number of amides is 2. The number of nitrogens with one attached hydrogen (secondary N) is 1. The van der Waals surface area contributed by atoms with Crippen LogP contribution in [-0.2, 0) is 0 Å². The van der Waals surface area contributed by atoms with E-state index in [4.69, 9.17) is 17.3 Å². The molecule has 74 valence electrons. The molecule has 0 saturated heterocycles. The second-order valence-corrected chi connectivity index (χ2v) is 2.72. The van der Waals surface area contributed by atoms with Crippen LogP contribution in [-0.4, -0.2) is 6.03 Å². The van der Waals surface area contributed by atoms with Gasteiger partial charge in [-0.25, -0.2) is 4.79 Å². The van der Waals surface area contributed by atoms with Gasteiger partial charge in [0.15, 0.2) is 0 Å². The van der Waals surface area contributed by atoms with Crippen LogP contribution < -0.4 is 11.1 Å². The highest BCUT2D eigenvalue weighted by Crippen LogP contribution is 2.12. The first-order valence-corrected chi connectivity index (χ1v) is 4.17. The van der Waals surface area contributed by atoms with E-state index in [-0.39, 0.29) is 0 Å². The summed E-state index contributed by atoms with van der Waals surface area (Å²) in [5.41, 5.74) is 5.52. The molecular weight excluding hydrogens is 200 g/mol. The summed E-state index contributed by atoms with van der Waals surface area (Å²) in [6.45, 7) is 1.65. The van der Waals surface area contributed by atoms with Crippen molar-refractivity contribution in [2.24, 2.45) is 5.73 Å². The van der Waals surface area contributed by atoms with Crippen LogP contribution in [0.3, 0.4) is 0 Å². The number of hydrogen-bond acceptors (Lipinski definition) is 1. The molecule has 0 spiro atoms. The maximum Gasteiger partial charge on any atom is 0.316 e. The summed E-state index contributed by atoms with van der Waals surface area (Å²) in [6.07, 6.45) is 4.60. The fraction of sp³-hybridized carbons (Fsp3) is 0.100. The zero-order valence-corrected chi connectivity index (χ0v) is 8.51. The molecule has 2 amide bonds. The Morgan fingerprint density at radius 2 is 1.93 bits per heavy atom. The number of carbonyl (C=O) groups is 1. The van der Waals surface area contributed by atoms with Crippen molar-refractivity contribution in [1.29, 1.82) is 0 Å². The minimum Gasteiger partial charge on any atom is -0.351 e. The third-order valence-electron chi connectivity index (χ3n) is 1.11. The number of rotatable bonds is 1. The molecule has 1 aromatic carbocycles. The maximum absolute atomic E-state index is 10.3. The van der Waals surface area contributed by atoms with Gasteiger partial charge in [0.1, 0.15) is 0 Å². The van der Waals surface area contributed by atoms with Gasteiger partial charge in [0.2, 0.25) is 0 Å². The lowest BCUT2D eigenvalue weighted by Crippen LogP contribution is -2.18. The molecule has 0 aliphatic heterocycles. The summed E-state index contributed by atoms with van der Waals surface area (Å²) >= 11 is 5.60. The van der Waals surface area contributed by atoms with E-state index < -0.39 is 6.03 Å². The molecule has 0 aliphatic rings. The summed E-state index contributed by atoms with van der Waals surface area (Å²) in [5, 5.41) is 3.04. The standard InChI is InChI=1S/C7H7ClN2O.C3H4/c8-5-1-3-6(4-2-5)10-7(9)11;1-3-2/h1-4H,(H3,9,10,11);1H,2H3. The second-order valence-electron chi connectivity index (χ2n) is 2.28. The summed E-state index contributed by atoms with van der Waals surface area (Å²) in [5.74, 6) is 2.25. The van der Waals surface area contributed by atoms with Crippen LogP contribution in [0.5, 0.6) is 0 Å². The minimum absolute atomic E-state index is 0.577. The van der Waals surface area contributed by atoms with E-state index >= 15 is 0 Å². The average Bonchev–Trinajstić information content (AvgIpc) is 2.09. The Morgan fingerprint density at radius 3 is 2.29 bits per heavy atom. The van der Waals surface area contributed by atoms with Crippen molar-refractivity contribution in [3.63, 3.8) is 0 Å². The van der Waals surface area contributed by atoms with Crippen LogP contribution >= 0.6 is 11.6 Å². The van der Waals surface area contributed by atoms with E-state index in [9.17, 15) is 4.79 Å². The largest absolute Gasteiger partial charge is 0.351 e. The number of nitrogens with two attached hydrogens (primary N) is 1. The number of hydrogen-bond donors (Lipinski definition) is 2. The molecule has 0 unspecified atom stereocenters. The molecule has 1 rings (SSSR count). The van der Waals surface area contributed by atoms with Crippen molar-refractivity contribution in [1.82, 2.24) is 0 Å². The van der Waals surface area contributed by atoms with Crippen molar-refractivity contribution in [2.45, 2.75) is 6.92 Å².